The fourth-order valence-electron chi connectivity index (χ4n) is 2.76. The molecule has 1 aromatic rings. The van der Waals surface area contributed by atoms with Crippen molar-refractivity contribution in [3.8, 4) is 11.5 Å². The van der Waals surface area contributed by atoms with Gasteiger partial charge in [-0.3, -0.25) is 4.90 Å². The number of piperidine rings is 1. The SMILES string of the molecule is COc1ccc(CN2CCCC(C(N)=NO)C2)cc1OC. The second-order valence-corrected chi connectivity index (χ2v) is 5.29. The Kier molecular flexibility index (Phi) is 5.27. The highest BCUT2D eigenvalue weighted by atomic mass is 16.5. The van der Waals surface area contributed by atoms with E-state index in [0.717, 1.165) is 49.5 Å². The van der Waals surface area contributed by atoms with Crippen LogP contribution in [-0.4, -0.2) is 43.3 Å². The van der Waals surface area contributed by atoms with Gasteiger partial charge in [-0.15, -0.1) is 0 Å². The number of nitrogens with two attached hydrogens (primary N) is 1. The maximum absolute atomic E-state index is 8.80. The van der Waals surface area contributed by atoms with Crippen molar-refractivity contribution in [1.82, 2.24) is 4.90 Å². The Morgan fingerprint density at radius 1 is 1.38 bits per heavy atom. The van der Waals surface area contributed by atoms with Gasteiger partial charge >= 0.3 is 0 Å². The fourth-order valence-corrected chi connectivity index (χ4v) is 2.76. The van der Waals surface area contributed by atoms with Crippen molar-refractivity contribution < 1.29 is 14.7 Å². The molecule has 21 heavy (non-hydrogen) atoms. The Hall–Kier alpha value is -1.95. The van der Waals surface area contributed by atoms with Crippen LogP contribution in [0.1, 0.15) is 18.4 Å². The van der Waals surface area contributed by atoms with Gasteiger partial charge < -0.3 is 20.4 Å². The molecule has 0 radical (unpaired) electrons. The molecular weight excluding hydrogens is 270 g/mol. The Balaban J connectivity index is 2.04. The predicted octanol–water partition coefficient (Wildman–Crippen LogP) is 1.66. The maximum Gasteiger partial charge on any atom is 0.161 e. The summed E-state index contributed by atoms with van der Waals surface area (Å²) in [6, 6.07) is 5.94. The third kappa shape index (κ3) is 3.78. The van der Waals surface area contributed by atoms with E-state index in [2.05, 4.69) is 10.1 Å². The van der Waals surface area contributed by atoms with Crippen LogP contribution in [-0.2, 0) is 6.54 Å². The van der Waals surface area contributed by atoms with E-state index >= 15 is 0 Å². The van der Waals surface area contributed by atoms with Crippen LogP contribution in [0.4, 0.5) is 0 Å². The molecule has 116 valence electrons. The minimum Gasteiger partial charge on any atom is -0.493 e. The van der Waals surface area contributed by atoms with Gasteiger partial charge in [0.2, 0.25) is 0 Å². The van der Waals surface area contributed by atoms with E-state index in [1.54, 1.807) is 14.2 Å². The van der Waals surface area contributed by atoms with Gasteiger partial charge in [0, 0.05) is 19.0 Å². The molecule has 1 unspecified atom stereocenters. The number of methoxy groups -OCH3 is 2. The van der Waals surface area contributed by atoms with Crippen LogP contribution in [0.2, 0.25) is 0 Å². The van der Waals surface area contributed by atoms with Gasteiger partial charge in [0.25, 0.3) is 0 Å². The highest BCUT2D eigenvalue weighted by Gasteiger charge is 2.23. The van der Waals surface area contributed by atoms with Gasteiger partial charge in [-0.2, -0.15) is 0 Å². The molecular formula is C15H23N3O3. The number of hydrogen-bond acceptors (Lipinski definition) is 5. The first-order chi connectivity index (χ1) is 10.2. The number of ether oxygens (including phenoxy) is 2. The number of rotatable bonds is 5. The molecule has 0 amide bonds. The van der Waals surface area contributed by atoms with Crippen LogP contribution in [0.15, 0.2) is 23.4 Å². The lowest BCUT2D eigenvalue weighted by molar-refractivity contribution is 0.192. The van der Waals surface area contributed by atoms with Gasteiger partial charge in [-0.25, -0.2) is 0 Å². The first-order valence-electron chi connectivity index (χ1n) is 7.08. The third-order valence-corrected chi connectivity index (χ3v) is 3.89. The second kappa shape index (κ2) is 7.17. The van der Waals surface area contributed by atoms with E-state index in [4.69, 9.17) is 20.4 Å². The third-order valence-electron chi connectivity index (χ3n) is 3.89. The van der Waals surface area contributed by atoms with Crippen molar-refractivity contribution in [2.75, 3.05) is 27.3 Å². The van der Waals surface area contributed by atoms with Crippen molar-refractivity contribution in [2.24, 2.45) is 16.8 Å². The summed E-state index contributed by atoms with van der Waals surface area (Å²) in [7, 11) is 3.26. The summed E-state index contributed by atoms with van der Waals surface area (Å²) < 4.78 is 10.6. The minimum atomic E-state index is 0.129. The van der Waals surface area contributed by atoms with Crippen molar-refractivity contribution >= 4 is 5.84 Å². The second-order valence-electron chi connectivity index (χ2n) is 5.29. The minimum absolute atomic E-state index is 0.129. The van der Waals surface area contributed by atoms with E-state index in [1.165, 1.54) is 0 Å². The average Bonchev–Trinajstić information content (AvgIpc) is 2.54. The molecule has 1 heterocycles. The Labute approximate surface area is 125 Å². The summed E-state index contributed by atoms with van der Waals surface area (Å²) >= 11 is 0. The molecule has 1 aliphatic rings. The van der Waals surface area contributed by atoms with E-state index in [-0.39, 0.29) is 5.92 Å². The van der Waals surface area contributed by atoms with Crippen LogP contribution in [0.3, 0.4) is 0 Å². The van der Waals surface area contributed by atoms with E-state index in [9.17, 15) is 0 Å². The number of benzene rings is 1. The lowest BCUT2D eigenvalue weighted by Gasteiger charge is -2.32. The number of amidine groups is 1. The van der Waals surface area contributed by atoms with E-state index in [0.29, 0.717) is 5.84 Å². The topological polar surface area (TPSA) is 80.3 Å². The fraction of sp³-hybridized carbons (Fsp3) is 0.533. The summed E-state index contributed by atoms with van der Waals surface area (Å²) in [5, 5.41) is 11.9. The molecule has 1 fully saturated rings. The smallest absolute Gasteiger partial charge is 0.161 e. The molecule has 6 nitrogen and oxygen atoms in total. The molecule has 1 atom stereocenters. The summed E-state index contributed by atoms with van der Waals surface area (Å²) in [6.45, 7) is 2.64. The van der Waals surface area contributed by atoms with Gasteiger partial charge in [0.05, 0.1) is 14.2 Å². The molecule has 3 N–H and O–H groups in total. The molecule has 0 aliphatic carbocycles. The monoisotopic (exact) mass is 293 g/mol. The van der Waals surface area contributed by atoms with E-state index < -0.39 is 0 Å². The van der Waals surface area contributed by atoms with Crippen LogP contribution in [0.5, 0.6) is 11.5 Å². The average molecular weight is 293 g/mol. The van der Waals surface area contributed by atoms with Gasteiger partial charge in [0.15, 0.2) is 11.5 Å². The molecule has 1 aromatic carbocycles. The summed E-state index contributed by atoms with van der Waals surface area (Å²) in [4.78, 5) is 2.31. The first kappa shape index (κ1) is 15.4. The molecule has 1 aliphatic heterocycles. The molecule has 0 aromatic heterocycles. The molecule has 0 saturated carbocycles. The highest BCUT2D eigenvalue weighted by Crippen LogP contribution is 2.28. The zero-order valence-corrected chi connectivity index (χ0v) is 12.6. The first-order valence-corrected chi connectivity index (χ1v) is 7.08. The number of likely N-dealkylation sites (tertiary alicyclic amines) is 1. The molecule has 6 heteroatoms. The largest absolute Gasteiger partial charge is 0.493 e. The Bertz CT molecular complexity index is 505. The summed E-state index contributed by atoms with van der Waals surface area (Å²) in [5.41, 5.74) is 6.88. The zero-order valence-electron chi connectivity index (χ0n) is 12.6. The van der Waals surface area contributed by atoms with Crippen molar-refractivity contribution in [1.29, 1.82) is 0 Å². The zero-order chi connectivity index (χ0) is 15.2. The van der Waals surface area contributed by atoms with Crippen LogP contribution < -0.4 is 15.2 Å². The molecule has 0 spiro atoms. The van der Waals surface area contributed by atoms with Crippen LogP contribution in [0, 0.1) is 5.92 Å². The van der Waals surface area contributed by atoms with Crippen LogP contribution >= 0.6 is 0 Å². The quantitative estimate of drug-likeness (QED) is 0.373. The van der Waals surface area contributed by atoms with Crippen molar-refractivity contribution in [3.05, 3.63) is 23.8 Å². The van der Waals surface area contributed by atoms with Crippen molar-refractivity contribution in [2.45, 2.75) is 19.4 Å². The summed E-state index contributed by atoms with van der Waals surface area (Å²) in [5.74, 6) is 1.92. The molecule has 2 rings (SSSR count). The lowest BCUT2D eigenvalue weighted by atomic mass is 9.96. The highest BCUT2D eigenvalue weighted by molar-refractivity contribution is 5.82. The predicted molar refractivity (Wildman–Crippen MR) is 81.0 cm³/mol. The number of oxime groups is 1. The van der Waals surface area contributed by atoms with E-state index in [1.807, 2.05) is 18.2 Å². The standard InChI is InChI=1S/C15H23N3O3/c1-20-13-6-5-11(8-14(13)21-2)9-18-7-3-4-12(10-18)15(16)17-19/h5-6,8,12,19H,3-4,7,9-10H2,1-2H3,(H2,16,17). The lowest BCUT2D eigenvalue weighted by Crippen LogP contribution is -2.40. The normalized spacial score (nSPS) is 20.3. The summed E-state index contributed by atoms with van der Waals surface area (Å²) in [6.07, 6.45) is 2.02. The van der Waals surface area contributed by atoms with Gasteiger partial charge in [-0.05, 0) is 37.1 Å². The van der Waals surface area contributed by atoms with Crippen molar-refractivity contribution in [3.63, 3.8) is 0 Å². The van der Waals surface area contributed by atoms with Gasteiger partial charge in [-0.1, -0.05) is 11.2 Å². The van der Waals surface area contributed by atoms with Gasteiger partial charge in [0.1, 0.15) is 5.84 Å². The maximum atomic E-state index is 8.80. The number of hydrogen-bond donors (Lipinski definition) is 2. The molecule has 0 bridgehead atoms. The Morgan fingerprint density at radius 3 is 2.81 bits per heavy atom. The van der Waals surface area contributed by atoms with Crippen LogP contribution in [0.25, 0.3) is 0 Å². The Morgan fingerprint density at radius 2 is 2.14 bits per heavy atom. The molecule has 1 saturated heterocycles. The number of nitrogens with zero attached hydrogens (tertiary/aromatic N) is 2.